The Morgan fingerprint density at radius 1 is 1.16 bits per heavy atom. The highest BCUT2D eigenvalue weighted by atomic mass is 35.5. The summed E-state index contributed by atoms with van der Waals surface area (Å²) in [6.45, 7) is -2.10. The molecule has 5 rings (SSSR count). The zero-order chi connectivity index (χ0) is 27.1. The smallest absolute Gasteiger partial charge is 0.361 e. The summed E-state index contributed by atoms with van der Waals surface area (Å²) in [6, 6.07) is 0.248. The van der Waals surface area contributed by atoms with Crippen LogP contribution in [0.1, 0.15) is 51.2 Å². The van der Waals surface area contributed by atoms with Gasteiger partial charge in [-0.05, 0) is 43.7 Å². The van der Waals surface area contributed by atoms with E-state index in [1.54, 1.807) is 0 Å². The van der Waals surface area contributed by atoms with Crippen LogP contribution in [-0.2, 0) is 18.8 Å². The molecule has 5 atom stereocenters. The molecule has 6 N–H and O–H groups in total. The highest BCUT2D eigenvalue weighted by Crippen LogP contribution is 2.52. The standard InChI is InChI=1S/C22H33ClN5O9P/c23-21-26-18(25-12-4-1-2-5-12)14-8-24-28(19(14)27-21)20-17(31)16(30)15(37-20)9-36-22(10-29,38(32,33)34)11-35-13-6-3-7-13/h8,12-13,15-17,20,29-31H,1-7,9-11H2,(H,25,26,27)(H2,32,33,34)/t15-,16-,17-,20-,22?/m1/s1. The normalized spacial score (nSPS) is 28.6. The lowest BCUT2D eigenvalue weighted by molar-refractivity contribution is -0.143. The lowest BCUT2D eigenvalue weighted by Gasteiger charge is -2.36. The van der Waals surface area contributed by atoms with E-state index in [4.69, 9.17) is 25.8 Å². The molecule has 0 amide bonds. The van der Waals surface area contributed by atoms with Gasteiger partial charge in [0, 0.05) is 6.04 Å². The molecule has 0 radical (unpaired) electrons. The minimum absolute atomic E-state index is 0.0338. The third-order valence-electron chi connectivity index (χ3n) is 7.59. The van der Waals surface area contributed by atoms with E-state index in [0.29, 0.717) is 11.2 Å². The van der Waals surface area contributed by atoms with Crippen LogP contribution in [0.3, 0.4) is 0 Å². The van der Waals surface area contributed by atoms with E-state index in [9.17, 15) is 29.7 Å². The molecule has 212 valence electrons. The summed E-state index contributed by atoms with van der Waals surface area (Å²) < 4.78 is 30.4. The lowest BCUT2D eigenvalue weighted by atomic mass is 9.96. The van der Waals surface area contributed by atoms with Crippen LogP contribution in [0.2, 0.25) is 5.28 Å². The first-order chi connectivity index (χ1) is 18.1. The van der Waals surface area contributed by atoms with Crippen LogP contribution in [0.25, 0.3) is 11.0 Å². The van der Waals surface area contributed by atoms with E-state index in [1.165, 1.54) is 10.9 Å². The van der Waals surface area contributed by atoms with E-state index in [2.05, 4.69) is 20.4 Å². The van der Waals surface area contributed by atoms with Gasteiger partial charge in [-0.15, -0.1) is 0 Å². The Labute approximate surface area is 223 Å². The van der Waals surface area contributed by atoms with Crippen molar-refractivity contribution in [2.24, 2.45) is 0 Å². The molecular formula is C22H33ClN5O9P. The van der Waals surface area contributed by atoms with Gasteiger partial charge in [-0.25, -0.2) is 4.68 Å². The predicted molar refractivity (Wildman–Crippen MR) is 134 cm³/mol. The summed E-state index contributed by atoms with van der Waals surface area (Å²) in [5.41, 5.74) is 0.275. The fourth-order valence-electron chi connectivity index (χ4n) is 4.94. The van der Waals surface area contributed by atoms with Gasteiger partial charge in [-0.3, -0.25) is 4.57 Å². The molecule has 1 unspecified atom stereocenters. The van der Waals surface area contributed by atoms with Crippen molar-refractivity contribution in [3.05, 3.63) is 11.5 Å². The molecular weight excluding hydrogens is 545 g/mol. The topological polar surface area (TPSA) is 202 Å². The molecule has 2 aliphatic carbocycles. The van der Waals surface area contributed by atoms with Gasteiger partial charge in [0.1, 0.15) is 24.1 Å². The third-order valence-corrected chi connectivity index (χ3v) is 9.22. The van der Waals surface area contributed by atoms with Crippen molar-refractivity contribution in [3.63, 3.8) is 0 Å². The maximum absolute atomic E-state index is 12.3. The zero-order valence-electron chi connectivity index (χ0n) is 20.6. The Morgan fingerprint density at radius 2 is 1.89 bits per heavy atom. The molecule has 1 saturated heterocycles. The maximum atomic E-state index is 12.3. The van der Waals surface area contributed by atoms with Crippen molar-refractivity contribution in [3.8, 4) is 0 Å². The van der Waals surface area contributed by atoms with Crippen molar-refractivity contribution in [1.29, 1.82) is 0 Å². The molecule has 1 aliphatic heterocycles. The van der Waals surface area contributed by atoms with Gasteiger partial charge in [0.25, 0.3) is 0 Å². The van der Waals surface area contributed by atoms with Crippen LogP contribution in [0, 0.1) is 0 Å². The molecule has 3 fully saturated rings. The van der Waals surface area contributed by atoms with Crippen LogP contribution in [-0.4, -0.2) is 100 Å². The molecule has 38 heavy (non-hydrogen) atoms. The second kappa shape index (κ2) is 11.2. The minimum atomic E-state index is -5.01. The van der Waals surface area contributed by atoms with Gasteiger partial charge < -0.3 is 44.6 Å². The van der Waals surface area contributed by atoms with Gasteiger partial charge in [0.05, 0.1) is 37.5 Å². The number of nitrogens with zero attached hydrogens (tertiary/aromatic N) is 4. The van der Waals surface area contributed by atoms with Gasteiger partial charge in [-0.1, -0.05) is 12.8 Å². The lowest BCUT2D eigenvalue weighted by Crippen LogP contribution is -2.46. The third kappa shape index (κ3) is 5.44. The van der Waals surface area contributed by atoms with E-state index in [1.807, 2.05) is 0 Å². The Morgan fingerprint density at radius 3 is 2.53 bits per heavy atom. The first-order valence-electron chi connectivity index (χ1n) is 12.7. The maximum Gasteiger partial charge on any atom is 0.361 e. The summed E-state index contributed by atoms with van der Waals surface area (Å²) >= 11 is 6.18. The summed E-state index contributed by atoms with van der Waals surface area (Å²) in [7, 11) is -5.01. The van der Waals surface area contributed by atoms with E-state index in [-0.39, 0.29) is 23.1 Å². The highest BCUT2D eigenvalue weighted by Gasteiger charge is 2.52. The first kappa shape index (κ1) is 28.1. The van der Waals surface area contributed by atoms with E-state index < -0.39 is 57.3 Å². The molecule has 2 aromatic heterocycles. The number of halogens is 1. The molecule has 14 nitrogen and oxygen atoms in total. The average molecular weight is 578 g/mol. The number of fused-ring (bicyclic) bond motifs is 1. The molecule has 2 saturated carbocycles. The largest absolute Gasteiger partial charge is 0.393 e. The SMILES string of the molecule is O=P(O)(O)C(CO)(COC1CCC1)OC[C@H]1O[C@@H](n2ncc3c(NC4CCCC4)nc(Cl)nc32)[C@H](O)[C@@H]1O. The molecule has 16 heteroatoms. The van der Waals surface area contributed by atoms with E-state index >= 15 is 0 Å². The number of anilines is 1. The molecule has 0 spiro atoms. The highest BCUT2D eigenvalue weighted by molar-refractivity contribution is 7.53. The number of aliphatic hydroxyl groups is 3. The molecule has 3 heterocycles. The zero-order valence-corrected chi connectivity index (χ0v) is 22.2. The number of ether oxygens (including phenoxy) is 3. The van der Waals surface area contributed by atoms with Crippen molar-refractivity contribution in [2.75, 3.05) is 25.1 Å². The van der Waals surface area contributed by atoms with Crippen LogP contribution in [0.5, 0.6) is 0 Å². The van der Waals surface area contributed by atoms with Crippen LogP contribution in [0.4, 0.5) is 5.82 Å². The van der Waals surface area contributed by atoms with E-state index in [0.717, 1.165) is 44.9 Å². The Hall–Kier alpha value is -1.45. The summed E-state index contributed by atoms with van der Waals surface area (Å²) in [6.07, 6.45) is 2.68. The molecule has 0 aromatic carbocycles. The second-order valence-electron chi connectivity index (χ2n) is 10.2. The Bertz CT molecular complexity index is 1170. The number of rotatable bonds is 11. The molecule has 0 bridgehead atoms. The van der Waals surface area contributed by atoms with Gasteiger partial charge in [0.15, 0.2) is 11.9 Å². The fraction of sp³-hybridized carbons (Fsp3) is 0.773. The quantitative estimate of drug-likeness (QED) is 0.163. The van der Waals surface area contributed by atoms with Crippen molar-refractivity contribution >= 4 is 36.0 Å². The van der Waals surface area contributed by atoms with Gasteiger partial charge >= 0.3 is 7.60 Å². The van der Waals surface area contributed by atoms with Gasteiger partial charge in [0.2, 0.25) is 10.6 Å². The summed E-state index contributed by atoms with van der Waals surface area (Å²) in [5, 5.41) is 37.2. The second-order valence-corrected chi connectivity index (χ2v) is 12.4. The Kier molecular flexibility index (Phi) is 8.28. The summed E-state index contributed by atoms with van der Waals surface area (Å²) in [5.74, 6) is 0.506. The first-order valence-corrected chi connectivity index (χ1v) is 14.7. The van der Waals surface area contributed by atoms with Crippen LogP contribution >= 0.6 is 19.2 Å². The fourth-order valence-corrected chi connectivity index (χ4v) is 5.78. The average Bonchev–Trinajstić information content (AvgIpc) is 3.55. The van der Waals surface area contributed by atoms with Crippen molar-refractivity contribution in [2.45, 2.75) is 87.0 Å². The molecule has 2 aromatic rings. The number of hydrogen-bond donors (Lipinski definition) is 6. The van der Waals surface area contributed by atoms with Crippen LogP contribution in [0.15, 0.2) is 6.20 Å². The van der Waals surface area contributed by atoms with Crippen LogP contribution < -0.4 is 5.32 Å². The number of hydrogen-bond acceptors (Lipinski definition) is 11. The van der Waals surface area contributed by atoms with Gasteiger partial charge in [-0.2, -0.15) is 15.1 Å². The monoisotopic (exact) mass is 577 g/mol. The number of nitrogens with one attached hydrogen (secondary N) is 1. The number of aliphatic hydroxyl groups excluding tert-OH is 3. The Balaban J connectivity index is 1.33. The van der Waals surface area contributed by atoms with Crippen molar-refractivity contribution in [1.82, 2.24) is 19.7 Å². The summed E-state index contributed by atoms with van der Waals surface area (Å²) in [4.78, 5) is 28.4. The molecule has 3 aliphatic rings. The van der Waals surface area contributed by atoms with Crippen molar-refractivity contribution < 1.29 is 43.9 Å². The number of aromatic nitrogens is 4. The predicted octanol–water partition coefficient (Wildman–Crippen LogP) is 0.905. The minimum Gasteiger partial charge on any atom is -0.393 e.